The van der Waals surface area contributed by atoms with Gasteiger partial charge in [0.05, 0.1) is 6.10 Å². The monoisotopic (exact) mass is 249 g/mol. The van der Waals surface area contributed by atoms with Crippen LogP contribution in [0.5, 0.6) is 0 Å². The van der Waals surface area contributed by atoms with E-state index in [0.29, 0.717) is 0 Å². The van der Waals surface area contributed by atoms with Crippen LogP contribution in [0, 0.1) is 0 Å². The van der Waals surface area contributed by atoms with E-state index in [2.05, 4.69) is 0 Å². The number of aliphatic hydroxyl groups is 4. The molecule has 0 fully saturated rings. The molecule has 16 heavy (non-hydrogen) atoms. The first-order valence-corrected chi connectivity index (χ1v) is 4.24. The van der Waals surface area contributed by atoms with Crippen LogP contribution in [0.4, 0.5) is 0 Å². The fourth-order valence-corrected chi connectivity index (χ4v) is 0.916. The summed E-state index contributed by atoms with van der Waals surface area (Å²) in [7, 11) is 0. The van der Waals surface area contributed by atoms with Gasteiger partial charge in [-0.2, -0.15) is 0 Å². The number of hydrogen-bond acceptors (Lipinski definition) is 6. The third kappa shape index (κ3) is 5.56. The van der Waals surface area contributed by atoms with Crippen molar-refractivity contribution in [1.29, 1.82) is 0 Å². The van der Waals surface area contributed by atoms with Crippen LogP contribution in [-0.4, -0.2) is 79.1 Å². The molecule has 0 unspecified atom stereocenters. The van der Waals surface area contributed by atoms with E-state index >= 15 is 0 Å². The first-order chi connectivity index (χ1) is 6.77. The lowest BCUT2D eigenvalue weighted by Gasteiger charge is -2.23. The van der Waals surface area contributed by atoms with Gasteiger partial charge < -0.3 is 25.5 Å². The minimum absolute atomic E-state index is 0. The zero-order chi connectivity index (χ0) is 12.2. The second kappa shape index (κ2) is 7.73. The van der Waals surface area contributed by atoms with Crippen molar-refractivity contribution in [3.05, 3.63) is 0 Å². The highest BCUT2D eigenvalue weighted by Gasteiger charge is 2.33. The van der Waals surface area contributed by atoms with E-state index in [0.717, 1.165) is 6.92 Å². The van der Waals surface area contributed by atoms with Gasteiger partial charge in [0.15, 0.2) is 5.78 Å². The Bertz CT molecular complexity index is 243. The van der Waals surface area contributed by atoms with E-state index in [1.165, 1.54) is 0 Å². The molecule has 0 aliphatic rings. The van der Waals surface area contributed by atoms with Gasteiger partial charge in [0.25, 0.3) is 0 Å². The largest absolute Gasteiger partial charge is 0.481 e. The van der Waals surface area contributed by atoms with Gasteiger partial charge in [0.1, 0.15) is 24.7 Å². The van der Waals surface area contributed by atoms with Crippen molar-refractivity contribution in [3.8, 4) is 0 Å². The molecule has 4 atom stereocenters. The summed E-state index contributed by atoms with van der Waals surface area (Å²) in [6.07, 6.45) is -7.93. The molecule has 3 radical (unpaired) electrons. The zero-order valence-electron chi connectivity index (χ0n) is 8.65. The summed E-state index contributed by atoms with van der Waals surface area (Å²) in [5.74, 6) is -2.58. The van der Waals surface area contributed by atoms with Crippen LogP contribution in [0.2, 0.25) is 0 Å². The van der Waals surface area contributed by atoms with Gasteiger partial charge in [-0.1, -0.05) is 0 Å². The van der Waals surface area contributed by atoms with Crippen LogP contribution < -0.4 is 0 Å². The summed E-state index contributed by atoms with van der Waals surface area (Å²) in [6, 6.07) is 0. The van der Waals surface area contributed by atoms with Crippen LogP contribution in [0.15, 0.2) is 0 Å². The maximum absolute atomic E-state index is 10.9. The maximum Gasteiger partial charge on any atom is 0.310 e. The Hall–Kier alpha value is -0.488. The third-order valence-corrected chi connectivity index (χ3v) is 1.82. The normalized spacial score (nSPS) is 17.8. The number of carboxylic acids is 1. The predicted octanol–water partition coefficient (Wildman–Crippen LogP) is -2.89. The molecule has 0 amide bonds. The molecule has 8 heteroatoms. The van der Waals surface area contributed by atoms with Crippen molar-refractivity contribution in [2.24, 2.45) is 0 Å². The number of aliphatic carboxylic acids is 1. The summed E-state index contributed by atoms with van der Waals surface area (Å²) in [4.78, 5) is 21.1. The molecule has 91 valence electrons. The molecule has 0 bridgehead atoms. The van der Waals surface area contributed by atoms with Crippen LogP contribution in [0.25, 0.3) is 0 Å². The second-order valence-corrected chi connectivity index (χ2v) is 3.20. The van der Waals surface area contributed by atoms with Crippen molar-refractivity contribution in [1.82, 2.24) is 0 Å². The molecule has 0 heterocycles. The third-order valence-electron chi connectivity index (χ3n) is 1.82. The highest BCUT2D eigenvalue weighted by atomic mass is 27.0. The molecule has 0 saturated heterocycles. The van der Waals surface area contributed by atoms with Crippen LogP contribution in [0.1, 0.15) is 13.3 Å². The molecule has 0 aliphatic carbocycles. The summed E-state index contributed by atoms with van der Waals surface area (Å²) in [6.45, 7) is 1.16. The summed E-state index contributed by atoms with van der Waals surface area (Å²) >= 11 is 0. The molecule has 0 spiro atoms. The SMILES string of the molecule is C[C@H](O)[C@H](O)[C@@H](O)[C@@H](O)C(=O)CC(=O)O.[Al]. The topological polar surface area (TPSA) is 135 Å². The number of carboxylic acid groups (broad SMARTS) is 1. The Morgan fingerprint density at radius 3 is 1.81 bits per heavy atom. The minimum atomic E-state index is -2.02. The van der Waals surface area contributed by atoms with Crippen LogP contribution in [-0.2, 0) is 9.59 Å². The average molecular weight is 249 g/mol. The predicted molar refractivity (Wildman–Crippen MR) is 52.7 cm³/mol. The Morgan fingerprint density at radius 2 is 1.50 bits per heavy atom. The molecule has 7 nitrogen and oxygen atoms in total. The van der Waals surface area contributed by atoms with Gasteiger partial charge in [-0.3, -0.25) is 9.59 Å². The van der Waals surface area contributed by atoms with Gasteiger partial charge in [-0.05, 0) is 6.92 Å². The molecule has 5 N–H and O–H groups in total. The average Bonchev–Trinajstić information content (AvgIpc) is 2.13. The Kier molecular flexibility index (Phi) is 8.65. The maximum atomic E-state index is 10.9. The lowest BCUT2D eigenvalue weighted by molar-refractivity contribution is -0.150. The van der Waals surface area contributed by atoms with Gasteiger partial charge in [0.2, 0.25) is 0 Å². The molecular formula is C8H14AlO7. The number of hydrogen-bond donors (Lipinski definition) is 5. The van der Waals surface area contributed by atoms with E-state index in [4.69, 9.17) is 25.5 Å². The van der Waals surface area contributed by atoms with Crippen molar-refractivity contribution >= 4 is 29.1 Å². The number of Topliss-reactive ketones (excluding diaryl/α,β-unsaturated/α-hetero) is 1. The smallest absolute Gasteiger partial charge is 0.310 e. The Balaban J connectivity index is 0. The van der Waals surface area contributed by atoms with E-state index in [-0.39, 0.29) is 17.4 Å². The summed E-state index contributed by atoms with van der Waals surface area (Å²) < 4.78 is 0. The first kappa shape index (κ1) is 17.9. The summed E-state index contributed by atoms with van der Waals surface area (Å²) in [5, 5.41) is 44.5. The molecule has 0 aromatic rings. The van der Waals surface area contributed by atoms with Crippen LogP contribution in [0.3, 0.4) is 0 Å². The first-order valence-electron chi connectivity index (χ1n) is 4.24. The molecule has 0 aromatic carbocycles. The number of ketones is 1. The molecule has 0 saturated carbocycles. The molecule has 0 aromatic heterocycles. The highest BCUT2D eigenvalue weighted by molar-refractivity contribution is 5.97. The number of carbonyl (C=O) groups is 2. The van der Waals surface area contributed by atoms with E-state index in [1.54, 1.807) is 0 Å². The lowest BCUT2D eigenvalue weighted by Crippen LogP contribution is -2.47. The second-order valence-electron chi connectivity index (χ2n) is 3.20. The van der Waals surface area contributed by atoms with Crippen molar-refractivity contribution in [2.75, 3.05) is 0 Å². The quantitative estimate of drug-likeness (QED) is 0.252. The lowest BCUT2D eigenvalue weighted by atomic mass is 9.99. The minimum Gasteiger partial charge on any atom is -0.481 e. The Morgan fingerprint density at radius 1 is 1.06 bits per heavy atom. The van der Waals surface area contributed by atoms with Gasteiger partial charge in [-0.15, -0.1) is 0 Å². The van der Waals surface area contributed by atoms with Gasteiger partial charge >= 0.3 is 5.97 Å². The standard InChI is InChI=1S/C8H14O7.Al/c1-3(9)6(13)8(15)7(14)4(10)2-5(11)12;/h3,6-9,13-15H,2H2,1H3,(H,11,12);/t3-,6-,7-,8+;/m0./s1. The number of aliphatic hydroxyl groups excluding tert-OH is 4. The highest BCUT2D eigenvalue weighted by Crippen LogP contribution is 2.07. The van der Waals surface area contributed by atoms with E-state index < -0.39 is 42.6 Å². The number of rotatable bonds is 6. The van der Waals surface area contributed by atoms with Crippen molar-refractivity contribution in [2.45, 2.75) is 37.8 Å². The van der Waals surface area contributed by atoms with Crippen molar-refractivity contribution < 1.29 is 35.1 Å². The molecule has 0 rings (SSSR count). The molecular weight excluding hydrogens is 235 g/mol. The Labute approximate surface area is 102 Å². The van der Waals surface area contributed by atoms with Gasteiger partial charge in [-0.25, -0.2) is 0 Å². The molecule has 0 aliphatic heterocycles. The number of carbonyl (C=O) groups excluding carboxylic acids is 1. The van der Waals surface area contributed by atoms with Gasteiger partial charge in [0, 0.05) is 17.4 Å². The fraction of sp³-hybridized carbons (Fsp3) is 0.750. The van der Waals surface area contributed by atoms with E-state index in [1.807, 2.05) is 0 Å². The van der Waals surface area contributed by atoms with E-state index in [9.17, 15) is 9.59 Å². The summed E-state index contributed by atoms with van der Waals surface area (Å²) in [5.41, 5.74) is 0. The zero-order valence-corrected chi connectivity index (χ0v) is 9.80. The van der Waals surface area contributed by atoms with Crippen molar-refractivity contribution in [3.63, 3.8) is 0 Å². The fourth-order valence-electron chi connectivity index (χ4n) is 0.916. The van der Waals surface area contributed by atoms with Crippen LogP contribution >= 0.6 is 0 Å².